The summed E-state index contributed by atoms with van der Waals surface area (Å²) in [6.45, 7) is 0.206. The number of nitrogens with one attached hydrogen (secondary N) is 3. The summed E-state index contributed by atoms with van der Waals surface area (Å²) in [4.78, 5) is 62.2. The molecule has 10 heteroatoms. The van der Waals surface area contributed by atoms with E-state index < -0.39 is 29.8 Å². The van der Waals surface area contributed by atoms with Crippen LogP contribution in [0.2, 0.25) is 5.02 Å². The molecule has 2 aliphatic heterocycles. The van der Waals surface area contributed by atoms with Gasteiger partial charge < -0.3 is 10.2 Å². The molecule has 9 nitrogen and oxygen atoms in total. The summed E-state index contributed by atoms with van der Waals surface area (Å²) >= 11 is 5.87. The average Bonchev–Trinajstić information content (AvgIpc) is 3.03. The lowest BCUT2D eigenvalue weighted by molar-refractivity contribution is -0.136. The number of hydrogen-bond donors (Lipinski definition) is 3. The van der Waals surface area contributed by atoms with E-state index in [9.17, 15) is 24.0 Å². The van der Waals surface area contributed by atoms with Crippen LogP contribution in [0.25, 0.3) is 0 Å². The van der Waals surface area contributed by atoms with Crippen LogP contribution in [0.3, 0.4) is 0 Å². The Morgan fingerprint density at radius 3 is 2.65 bits per heavy atom. The summed E-state index contributed by atoms with van der Waals surface area (Å²) in [5.74, 6) is -1.95. The van der Waals surface area contributed by atoms with Gasteiger partial charge in [-0.25, -0.2) is 4.79 Å². The zero-order valence-electron chi connectivity index (χ0n) is 16.1. The number of fused-ring (bicyclic) bond motifs is 1. The largest absolute Gasteiger partial charge is 0.326 e. The molecule has 0 radical (unpaired) electrons. The lowest BCUT2D eigenvalue weighted by Gasteiger charge is -2.29. The smallest absolute Gasteiger partial charge is 0.322 e. The molecule has 0 aliphatic carbocycles. The molecule has 31 heavy (non-hydrogen) atoms. The van der Waals surface area contributed by atoms with E-state index in [0.29, 0.717) is 16.3 Å². The predicted octanol–water partition coefficient (Wildman–Crippen LogP) is 2.06. The average molecular weight is 441 g/mol. The van der Waals surface area contributed by atoms with Crippen molar-refractivity contribution >= 4 is 46.9 Å². The number of nitrogens with zero attached hydrogens (tertiary/aromatic N) is 1. The molecule has 0 bridgehead atoms. The number of halogens is 1. The van der Waals surface area contributed by atoms with Crippen LogP contribution in [0.4, 0.5) is 10.5 Å². The van der Waals surface area contributed by atoms with Gasteiger partial charge in [0.15, 0.2) is 0 Å². The minimum absolute atomic E-state index is 0.124. The summed E-state index contributed by atoms with van der Waals surface area (Å²) < 4.78 is 0. The summed E-state index contributed by atoms with van der Waals surface area (Å²) in [6, 6.07) is 9.48. The zero-order valence-corrected chi connectivity index (χ0v) is 16.9. The van der Waals surface area contributed by atoms with E-state index in [1.807, 2.05) is 0 Å². The van der Waals surface area contributed by atoms with Crippen molar-refractivity contribution in [1.82, 2.24) is 15.5 Å². The number of carbonyl (C=O) groups is 5. The summed E-state index contributed by atoms with van der Waals surface area (Å²) in [7, 11) is 0. The van der Waals surface area contributed by atoms with Crippen LogP contribution in [0.5, 0.6) is 0 Å². The maximum atomic E-state index is 12.8. The first kappa shape index (κ1) is 20.5. The SMILES string of the molecule is O=C1CCC(N2Cc3ccc(C(=O)NC(=O)Nc4cccc(Cl)c4)cc3C2=O)C(=O)N1. The molecule has 0 saturated carbocycles. The van der Waals surface area contributed by atoms with E-state index in [1.165, 1.54) is 23.1 Å². The lowest BCUT2D eigenvalue weighted by Crippen LogP contribution is -2.52. The number of hydrogen-bond acceptors (Lipinski definition) is 5. The number of urea groups is 1. The van der Waals surface area contributed by atoms with Gasteiger partial charge in [-0.2, -0.15) is 0 Å². The van der Waals surface area contributed by atoms with Gasteiger partial charge in [0.05, 0.1) is 0 Å². The van der Waals surface area contributed by atoms with Crippen LogP contribution in [0.1, 0.15) is 39.1 Å². The first-order chi connectivity index (χ1) is 14.8. The molecular weight excluding hydrogens is 424 g/mol. The molecule has 1 saturated heterocycles. The number of rotatable bonds is 3. The van der Waals surface area contributed by atoms with Crippen molar-refractivity contribution in [3.05, 3.63) is 64.2 Å². The fourth-order valence-electron chi connectivity index (χ4n) is 3.60. The highest BCUT2D eigenvalue weighted by molar-refractivity contribution is 6.30. The Kier molecular flexibility index (Phi) is 5.43. The van der Waals surface area contributed by atoms with Crippen molar-refractivity contribution in [3.63, 3.8) is 0 Å². The molecule has 0 aromatic heterocycles. The molecule has 3 N–H and O–H groups in total. The van der Waals surface area contributed by atoms with Gasteiger partial charge in [-0.15, -0.1) is 0 Å². The number of anilines is 1. The highest BCUT2D eigenvalue weighted by Crippen LogP contribution is 2.28. The Labute approximate surface area is 181 Å². The third-order valence-electron chi connectivity index (χ3n) is 5.10. The molecule has 1 atom stereocenters. The Morgan fingerprint density at radius 2 is 1.90 bits per heavy atom. The Bertz CT molecular complexity index is 1130. The van der Waals surface area contributed by atoms with E-state index >= 15 is 0 Å². The summed E-state index contributed by atoms with van der Waals surface area (Å²) in [5.41, 5.74) is 1.49. The van der Waals surface area contributed by atoms with Gasteiger partial charge in [0.2, 0.25) is 11.8 Å². The van der Waals surface area contributed by atoms with Gasteiger partial charge in [0, 0.05) is 34.8 Å². The van der Waals surface area contributed by atoms with E-state index in [0.717, 1.165) is 0 Å². The van der Waals surface area contributed by atoms with E-state index in [1.54, 1.807) is 24.3 Å². The number of imide groups is 2. The molecule has 2 aliphatic rings. The second-order valence-electron chi connectivity index (χ2n) is 7.19. The Hall–Kier alpha value is -3.72. The second-order valence-corrected chi connectivity index (χ2v) is 7.63. The van der Waals surface area contributed by atoms with E-state index in [2.05, 4.69) is 16.0 Å². The number of benzene rings is 2. The van der Waals surface area contributed by atoms with Crippen LogP contribution < -0.4 is 16.0 Å². The van der Waals surface area contributed by atoms with Crippen molar-refractivity contribution in [1.29, 1.82) is 0 Å². The number of carbonyl (C=O) groups excluding carboxylic acids is 5. The van der Waals surface area contributed by atoms with Crippen molar-refractivity contribution in [2.75, 3.05) is 5.32 Å². The standard InChI is InChI=1S/C21H17ClN4O5/c22-13-2-1-3-14(9-13)23-21(31)25-18(28)11-4-5-12-10-26(20(30)15(12)8-11)16-6-7-17(27)24-19(16)29/h1-5,8-9,16H,6-7,10H2,(H,24,27,29)(H2,23,25,28,31). The first-order valence-electron chi connectivity index (χ1n) is 9.47. The van der Waals surface area contributed by atoms with E-state index in [4.69, 9.17) is 11.6 Å². The van der Waals surface area contributed by atoms with Crippen LogP contribution in [0.15, 0.2) is 42.5 Å². The molecule has 4 rings (SSSR count). The van der Waals surface area contributed by atoms with Gasteiger partial charge in [-0.1, -0.05) is 23.7 Å². The molecule has 0 spiro atoms. The van der Waals surface area contributed by atoms with Crippen molar-refractivity contribution < 1.29 is 24.0 Å². The third-order valence-corrected chi connectivity index (χ3v) is 5.33. The molecule has 2 aromatic rings. The highest BCUT2D eigenvalue weighted by atomic mass is 35.5. The maximum absolute atomic E-state index is 12.8. The van der Waals surface area contributed by atoms with Crippen molar-refractivity contribution in [3.8, 4) is 0 Å². The lowest BCUT2D eigenvalue weighted by atomic mass is 10.0. The fraction of sp³-hybridized carbons (Fsp3) is 0.190. The van der Waals surface area contributed by atoms with E-state index in [-0.39, 0.29) is 36.4 Å². The van der Waals surface area contributed by atoms with Crippen LogP contribution in [-0.2, 0) is 16.1 Å². The van der Waals surface area contributed by atoms with Gasteiger partial charge >= 0.3 is 6.03 Å². The molecule has 2 aromatic carbocycles. The third kappa shape index (κ3) is 4.26. The van der Waals surface area contributed by atoms with Gasteiger partial charge in [-0.05, 0) is 42.3 Å². The number of piperidine rings is 1. The summed E-state index contributed by atoms with van der Waals surface area (Å²) in [6.07, 6.45) is 0.410. The molecule has 2 heterocycles. The Morgan fingerprint density at radius 1 is 1.10 bits per heavy atom. The summed E-state index contributed by atoms with van der Waals surface area (Å²) in [5, 5.41) is 7.37. The molecule has 1 fully saturated rings. The van der Waals surface area contributed by atoms with Gasteiger partial charge in [0.25, 0.3) is 11.8 Å². The topological polar surface area (TPSA) is 125 Å². The highest BCUT2D eigenvalue weighted by Gasteiger charge is 2.39. The molecule has 158 valence electrons. The predicted molar refractivity (Wildman–Crippen MR) is 110 cm³/mol. The quantitative estimate of drug-likeness (QED) is 0.630. The minimum Gasteiger partial charge on any atom is -0.322 e. The Balaban J connectivity index is 1.44. The molecule has 1 unspecified atom stereocenters. The zero-order chi connectivity index (χ0) is 22.1. The number of amides is 6. The maximum Gasteiger partial charge on any atom is 0.326 e. The second kappa shape index (κ2) is 8.19. The van der Waals surface area contributed by atoms with Crippen LogP contribution in [-0.4, -0.2) is 40.6 Å². The van der Waals surface area contributed by atoms with Crippen molar-refractivity contribution in [2.45, 2.75) is 25.4 Å². The van der Waals surface area contributed by atoms with Crippen LogP contribution >= 0.6 is 11.6 Å². The molecular formula is C21H17ClN4O5. The van der Waals surface area contributed by atoms with Gasteiger partial charge in [-0.3, -0.25) is 29.8 Å². The normalized spacial score (nSPS) is 17.8. The van der Waals surface area contributed by atoms with Crippen molar-refractivity contribution in [2.24, 2.45) is 0 Å². The molecule has 6 amide bonds. The minimum atomic E-state index is -0.746. The fourth-order valence-corrected chi connectivity index (χ4v) is 3.79. The monoisotopic (exact) mass is 440 g/mol. The first-order valence-corrected chi connectivity index (χ1v) is 9.85. The van der Waals surface area contributed by atoms with Crippen LogP contribution in [0, 0.1) is 0 Å². The van der Waals surface area contributed by atoms with Gasteiger partial charge in [0.1, 0.15) is 6.04 Å².